The number of para-hydroxylation sites is 1. The molecule has 0 bridgehead atoms. The van der Waals surface area contributed by atoms with Crippen molar-refractivity contribution in [3.8, 4) is 11.5 Å². The predicted octanol–water partition coefficient (Wildman–Crippen LogP) is 2.66. The van der Waals surface area contributed by atoms with Gasteiger partial charge in [-0.25, -0.2) is 0 Å². The number of carbonyl (C=O) groups is 1. The minimum absolute atomic E-state index is 0.0757. The largest absolute Gasteiger partial charge is 0.504 e. The second-order valence-corrected chi connectivity index (χ2v) is 5.19. The number of methoxy groups -OCH3 is 1. The molecule has 4 nitrogen and oxygen atoms in total. The summed E-state index contributed by atoms with van der Waals surface area (Å²) in [6.07, 6.45) is 4.91. The normalized spacial score (nSPS) is 15.5. The maximum Gasteiger partial charge on any atom is 0.257 e. The summed E-state index contributed by atoms with van der Waals surface area (Å²) in [5.41, 5.74) is 0.305. The van der Waals surface area contributed by atoms with Crippen LogP contribution in [0, 0.1) is 5.92 Å². The molecular formula is C15H21NO3. The molecule has 1 aliphatic carbocycles. The van der Waals surface area contributed by atoms with Gasteiger partial charge in [-0.05, 0) is 30.9 Å². The van der Waals surface area contributed by atoms with Crippen LogP contribution < -0.4 is 4.74 Å². The SMILES string of the molecule is COc1cccc(C(=O)N(C)CC2CCCC2)c1O. The van der Waals surface area contributed by atoms with E-state index in [0.29, 0.717) is 17.2 Å². The van der Waals surface area contributed by atoms with Crippen LogP contribution in [-0.4, -0.2) is 36.6 Å². The highest BCUT2D eigenvalue weighted by atomic mass is 16.5. The fourth-order valence-corrected chi connectivity index (χ4v) is 2.73. The summed E-state index contributed by atoms with van der Waals surface area (Å²) >= 11 is 0. The quantitative estimate of drug-likeness (QED) is 0.908. The highest BCUT2D eigenvalue weighted by molar-refractivity contribution is 5.97. The molecule has 1 amide bonds. The summed E-state index contributed by atoms with van der Waals surface area (Å²) in [5.74, 6) is 0.707. The van der Waals surface area contributed by atoms with Gasteiger partial charge >= 0.3 is 0 Å². The van der Waals surface area contributed by atoms with E-state index < -0.39 is 0 Å². The van der Waals surface area contributed by atoms with Crippen molar-refractivity contribution in [1.29, 1.82) is 0 Å². The molecule has 2 rings (SSSR count). The van der Waals surface area contributed by atoms with Gasteiger partial charge in [0, 0.05) is 13.6 Å². The highest BCUT2D eigenvalue weighted by Gasteiger charge is 2.22. The van der Waals surface area contributed by atoms with Crippen LogP contribution in [0.4, 0.5) is 0 Å². The Bertz CT molecular complexity index is 453. The van der Waals surface area contributed by atoms with Crippen molar-refractivity contribution in [2.75, 3.05) is 20.7 Å². The summed E-state index contributed by atoms with van der Waals surface area (Å²) in [4.78, 5) is 14.0. The molecule has 1 aromatic carbocycles. The van der Waals surface area contributed by atoms with E-state index in [1.807, 2.05) is 0 Å². The molecule has 0 heterocycles. The summed E-state index contributed by atoms with van der Waals surface area (Å²) < 4.78 is 5.03. The number of amides is 1. The fourth-order valence-electron chi connectivity index (χ4n) is 2.73. The molecule has 1 saturated carbocycles. The smallest absolute Gasteiger partial charge is 0.257 e. The number of aromatic hydroxyl groups is 1. The monoisotopic (exact) mass is 263 g/mol. The number of phenols is 1. The second-order valence-electron chi connectivity index (χ2n) is 5.19. The van der Waals surface area contributed by atoms with E-state index in [1.54, 1.807) is 30.1 Å². The second kappa shape index (κ2) is 5.95. The number of hydrogen-bond acceptors (Lipinski definition) is 3. The van der Waals surface area contributed by atoms with E-state index in [9.17, 15) is 9.90 Å². The van der Waals surface area contributed by atoms with Crippen molar-refractivity contribution in [3.05, 3.63) is 23.8 Å². The van der Waals surface area contributed by atoms with Gasteiger partial charge in [0.15, 0.2) is 11.5 Å². The van der Waals surface area contributed by atoms with Crippen LogP contribution in [0.15, 0.2) is 18.2 Å². The summed E-state index contributed by atoms with van der Waals surface area (Å²) in [6.45, 7) is 0.759. The lowest BCUT2D eigenvalue weighted by atomic mass is 10.1. The molecular weight excluding hydrogens is 242 g/mol. The first-order chi connectivity index (χ1) is 9.13. The molecule has 0 spiro atoms. The zero-order valence-electron chi connectivity index (χ0n) is 11.6. The Kier molecular flexibility index (Phi) is 4.30. The van der Waals surface area contributed by atoms with Crippen molar-refractivity contribution in [3.63, 3.8) is 0 Å². The molecule has 19 heavy (non-hydrogen) atoms. The van der Waals surface area contributed by atoms with E-state index in [2.05, 4.69) is 0 Å². The molecule has 1 N–H and O–H groups in total. The van der Waals surface area contributed by atoms with Gasteiger partial charge in [0.1, 0.15) is 0 Å². The maximum atomic E-state index is 12.3. The van der Waals surface area contributed by atoms with Crippen molar-refractivity contribution in [2.24, 2.45) is 5.92 Å². The number of rotatable bonds is 4. The van der Waals surface area contributed by atoms with Crippen LogP contribution in [0.5, 0.6) is 11.5 Å². The molecule has 104 valence electrons. The third-order valence-corrected chi connectivity index (χ3v) is 3.80. The molecule has 0 aromatic heterocycles. The minimum Gasteiger partial charge on any atom is -0.504 e. The lowest BCUT2D eigenvalue weighted by Gasteiger charge is -2.21. The summed E-state index contributed by atoms with van der Waals surface area (Å²) in [7, 11) is 3.27. The van der Waals surface area contributed by atoms with Crippen molar-refractivity contribution in [2.45, 2.75) is 25.7 Å². The van der Waals surface area contributed by atoms with E-state index in [1.165, 1.54) is 32.8 Å². The Morgan fingerprint density at radius 3 is 2.74 bits per heavy atom. The molecule has 0 atom stereocenters. The van der Waals surface area contributed by atoms with Gasteiger partial charge in [-0.3, -0.25) is 4.79 Å². The third-order valence-electron chi connectivity index (χ3n) is 3.80. The van der Waals surface area contributed by atoms with Gasteiger partial charge in [-0.1, -0.05) is 18.9 Å². The van der Waals surface area contributed by atoms with E-state index in [4.69, 9.17) is 4.74 Å². The standard InChI is InChI=1S/C15H21NO3/c1-16(10-11-6-3-4-7-11)15(18)12-8-5-9-13(19-2)14(12)17/h5,8-9,11,17H,3-4,6-7,10H2,1-2H3. The van der Waals surface area contributed by atoms with Gasteiger partial charge in [0.2, 0.25) is 0 Å². The first-order valence-corrected chi connectivity index (χ1v) is 6.75. The van der Waals surface area contributed by atoms with Crippen LogP contribution in [-0.2, 0) is 0 Å². The Morgan fingerprint density at radius 1 is 1.42 bits per heavy atom. The van der Waals surface area contributed by atoms with Crippen LogP contribution in [0.3, 0.4) is 0 Å². The zero-order valence-corrected chi connectivity index (χ0v) is 11.6. The van der Waals surface area contributed by atoms with Gasteiger partial charge in [0.05, 0.1) is 12.7 Å². The van der Waals surface area contributed by atoms with E-state index >= 15 is 0 Å². The molecule has 0 aliphatic heterocycles. The Labute approximate surface area is 114 Å². The van der Waals surface area contributed by atoms with Gasteiger partial charge in [-0.2, -0.15) is 0 Å². The lowest BCUT2D eigenvalue weighted by Crippen LogP contribution is -2.31. The molecule has 1 fully saturated rings. The van der Waals surface area contributed by atoms with E-state index in [0.717, 1.165) is 6.54 Å². The average molecular weight is 263 g/mol. The molecule has 1 aliphatic rings. The van der Waals surface area contributed by atoms with Gasteiger partial charge in [-0.15, -0.1) is 0 Å². The van der Waals surface area contributed by atoms with Crippen molar-refractivity contribution >= 4 is 5.91 Å². The van der Waals surface area contributed by atoms with Gasteiger partial charge in [0.25, 0.3) is 5.91 Å². The van der Waals surface area contributed by atoms with E-state index in [-0.39, 0.29) is 11.7 Å². The zero-order chi connectivity index (χ0) is 13.8. The maximum absolute atomic E-state index is 12.3. The topological polar surface area (TPSA) is 49.8 Å². The molecule has 4 heteroatoms. The average Bonchev–Trinajstić information content (AvgIpc) is 2.91. The highest BCUT2D eigenvalue weighted by Crippen LogP contribution is 2.31. The van der Waals surface area contributed by atoms with Crippen molar-refractivity contribution in [1.82, 2.24) is 4.90 Å². The number of ether oxygens (including phenoxy) is 1. The number of nitrogens with zero attached hydrogens (tertiary/aromatic N) is 1. The summed E-state index contributed by atoms with van der Waals surface area (Å²) in [6, 6.07) is 4.99. The number of benzene rings is 1. The van der Waals surface area contributed by atoms with Crippen LogP contribution in [0.2, 0.25) is 0 Å². The number of carbonyl (C=O) groups excluding carboxylic acids is 1. The van der Waals surface area contributed by atoms with Crippen LogP contribution >= 0.6 is 0 Å². The van der Waals surface area contributed by atoms with Gasteiger partial charge < -0.3 is 14.7 Å². The van der Waals surface area contributed by atoms with Crippen molar-refractivity contribution < 1.29 is 14.6 Å². The number of hydrogen-bond donors (Lipinski definition) is 1. The van der Waals surface area contributed by atoms with Crippen LogP contribution in [0.25, 0.3) is 0 Å². The predicted molar refractivity (Wildman–Crippen MR) is 73.6 cm³/mol. The summed E-state index contributed by atoms with van der Waals surface area (Å²) in [5, 5.41) is 10.00. The third kappa shape index (κ3) is 3.00. The molecule has 0 saturated heterocycles. The first-order valence-electron chi connectivity index (χ1n) is 6.75. The van der Waals surface area contributed by atoms with Crippen LogP contribution in [0.1, 0.15) is 36.0 Å². The lowest BCUT2D eigenvalue weighted by molar-refractivity contribution is 0.0769. The Balaban J connectivity index is 2.09. The minimum atomic E-state index is -0.150. The molecule has 0 unspecified atom stereocenters. The fraction of sp³-hybridized carbons (Fsp3) is 0.533. The molecule has 0 radical (unpaired) electrons. The Morgan fingerprint density at radius 2 is 2.11 bits per heavy atom. The Hall–Kier alpha value is -1.71. The first kappa shape index (κ1) is 13.7. The number of phenolic OH excluding ortho intramolecular Hbond substituents is 1. The molecule has 1 aromatic rings.